The average molecular weight is 325 g/mol. The van der Waals surface area contributed by atoms with Crippen LogP contribution in [0.2, 0.25) is 0 Å². The van der Waals surface area contributed by atoms with Crippen LogP contribution in [0.15, 0.2) is 30.3 Å². The van der Waals surface area contributed by atoms with Crippen LogP contribution in [0, 0.1) is 9.49 Å². The largest absolute Gasteiger partial charge is 0.252 e. The van der Waals surface area contributed by atoms with Gasteiger partial charge in [-0.15, -0.1) is 0 Å². The van der Waals surface area contributed by atoms with Gasteiger partial charge >= 0.3 is 0 Å². The fraction of sp³-hybridized carbons (Fsp3) is 0.357. The van der Waals surface area contributed by atoms with E-state index in [1.165, 1.54) is 21.1 Å². The van der Waals surface area contributed by atoms with Crippen molar-refractivity contribution in [3.05, 3.63) is 39.6 Å². The van der Waals surface area contributed by atoms with Crippen LogP contribution in [0.3, 0.4) is 0 Å². The van der Waals surface area contributed by atoms with Crippen molar-refractivity contribution >= 4 is 33.5 Å². The maximum Gasteiger partial charge on any atom is 0.0706 e. The lowest BCUT2D eigenvalue weighted by Crippen LogP contribution is -1.98. The van der Waals surface area contributed by atoms with E-state index >= 15 is 0 Å². The van der Waals surface area contributed by atoms with E-state index in [1.54, 1.807) is 0 Å². The van der Waals surface area contributed by atoms with Crippen molar-refractivity contribution < 1.29 is 0 Å². The third kappa shape index (κ3) is 2.73. The first-order chi connectivity index (χ1) is 7.66. The molecule has 0 amide bonds. The molecule has 1 aromatic heterocycles. The van der Waals surface area contributed by atoms with E-state index in [2.05, 4.69) is 66.8 Å². The predicted molar refractivity (Wildman–Crippen MR) is 77.6 cm³/mol. The van der Waals surface area contributed by atoms with Crippen molar-refractivity contribution in [2.45, 2.75) is 26.7 Å². The van der Waals surface area contributed by atoms with E-state index in [0.717, 1.165) is 17.9 Å². The zero-order valence-electron chi connectivity index (χ0n) is 9.70. The molecule has 2 heteroatoms. The van der Waals surface area contributed by atoms with Gasteiger partial charge in [-0.1, -0.05) is 32.0 Å². The number of rotatable bonds is 3. The molecule has 0 radical (unpaired) electrons. The summed E-state index contributed by atoms with van der Waals surface area (Å²) in [7, 11) is 0. The molecule has 0 unspecified atom stereocenters. The highest BCUT2D eigenvalue weighted by Gasteiger charge is 2.05. The van der Waals surface area contributed by atoms with Crippen molar-refractivity contribution in [3.8, 4) is 0 Å². The Morgan fingerprint density at radius 3 is 2.75 bits per heavy atom. The first kappa shape index (κ1) is 11.8. The minimum atomic E-state index is 0.740. The maximum atomic E-state index is 4.74. The Morgan fingerprint density at radius 2 is 2.00 bits per heavy atom. The van der Waals surface area contributed by atoms with Gasteiger partial charge in [-0.2, -0.15) is 0 Å². The van der Waals surface area contributed by atoms with Crippen molar-refractivity contribution in [2.75, 3.05) is 0 Å². The summed E-state index contributed by atoms with van der Waals surface area (Å²) >= 11 is 2.39. The van der Waals surface area contributed by atoms with Gasteiger partial charge in [-0.25, -0.2) is 0 Å². The van der Waals surface area contributed by atoms with Crippen LogP contribution < -0.4 is 0 Å². The summed E-state index contributed by atoms with van der Waals surface area (Å²) in [6.07, 6.45) is 2.29. The first-order valence-corrected chi connectivity index (χ1v) is 6.79. The van der Waals surface area contributed by atoms with Crippen LogP contribution in [0.1, 0.15) is 26.0 Å². The number of para-hydroxylation sites is 1. The van der Waals surface area contributed by atoms with E-state index in [1.807, 2.05) is 0 Å². The molecule has 84 valence electrons. The molecule has 2 rings (SSSR count). The predicted octanol–water partition coefficient (Wildman–Crippen LogP) is 4.43. The first-order valence-electron chi connectivity index (χ1n) is 5.71. The normalized spacial score (nSPS) is 11.2. The number of benzene rings is 1. The number of hydrogen-bond acceptors (Lipinski definition) is 1. The van der Waals surface area contributed by atoms with E-state index in [0.29, 0.717) is 0 Å². The molecular weight excluding hydrogens is 309 g/mol. The van der Waals surface area contributed by atoms with Gasteiger partial charge in [0.2, 0.25) is 0 Å². The Kier molecular flexibility index (Phi) is 3.79. The number of nitrogens with zero attached hydrogens (tertiary/aromatic N) is 1. The zero-order chi connectivity index (χ0) is 11.5. The molecule has 1 nitrogen and oxygen atoms in total. The molecule has 1 aromatic carbocycles. The Morgan fingerprint density at radius 1 is 1.25 bits per heavy atom. The third-order valence-electron chi connectivity index (χ3n) is 2.71. The summed E-state index contributed by atoms with van der Waals surface area (Å²) in [4.78, 5) is 4.74. The second-order valence-electron chi connectivity index (χ2n) is 4.54. The molecule has 0 fully saturated rings. The van der Waals surface area contributed by atoms with Crippen LogP contribution >= 0.6 is 22.6 Å². The molecule has 1 heterocycles. The molecule has 0 atom stereocenters. The third-order valence-corrected chi connectivity index (χ3v) is 3.64. The van der Waals surface area contributed by atoms with Gasteiger partial charge < -0.3 is 0 Å². The van der Waals surface area contributed by atoms with Crippen LogP contribution in [0.4, 0.5) is 0 Å². The molecule has 0 aliphatic heterocycles. The van der Waals surface area contributed by atoms with Crippen molar-refractivity contribution in [2.24, 2.45) is 5.92 Å². The van der Waals surface area contributed by atoms with Gasteiger partial charge in [0.1, 0.15) is 0 Å². The van der Waals surface area contributed by atoms with E-state index in [9.17, 15) is 0 Å². The molecule has 0 saturated carbocycles. The number of aromatic nitrogens is 1. The molecule has 0 spiro atoms. The van der Waals surface area contributed by atoms with Crippen LogP contribution in [-0.2, 0) is 6.42 Å². The summed E-state index contributed by atoms with van der Waals surface area (Å²) in [5.41, 5.74) is 2.36. The lowest BCUT2D eigenvalue weighted by Gasteiger charge is -2.07. The second kappa shape index (κ2) is 5.13. The van der Waals surface area contributed by atoms with Crippen molar-refractivity contribution in [3.63, 3.8) is 0 Å². The van der Waals surface area contributed by atoms with Gasteiger partial charge in [-0.05, 0) is 53.5 Å². The van der Waals surface area contributed by atoms with E-state index < -0.39 is 0 Å². The molecule has 0 bridgehead atoms. The molecule has 0 saturated heterocycles. The average Bonchev–Trinajstić information content (AvgIpc) is 2.26. The number of hydrogen-bond donors (Lipinski definition) is 0. The quantitative estimate of drug-likeness (QED) is 0.761. The van der Waals surface area contributed by atoms with Crippen molar-refractivity contribution in [1.29, 1.82) is 0 Å². The minimum Gasteiger partial charge on any atom is -0.252 e. The van der Waals surface area contributed by atoms with Crippen molar-refractivity contribution in [1.82, 2.24) is 4.98 Å². The molecule has 0 aliphatic carbocycles. The van der Waals surface area contributed by atoms with Gasteiger partial charge in [-0.3, -0.25) is 4.98 Å². The van der Waals surface area contributed by atoms with Gasteiger partial charge in [0, 0.05) is 8.96 Å². The number of halogens is 1. The Bertz CT molecular complexity index is 491. The maximum absolute atomic E-state index is 4.74. The highest BCUT2D eigenvalue weighted by molar-refractivity contribution is 14.1. The summed E-state index contributed by atoms with van der Waals surface area (Å²) in [6.45, 7) is 4.52. The van der Waals surface area contributed by atoms with Crippen LogP contribution in [0.5, 0.6) is 0 Å². The Balaban J connectivity index is 2.34. The monoisotopic (exact) mass is 325 g/mol. The summed E-state index contributed by atoms with van der Waals surface area (Å²) in [5.74, 6) is 0.740. The fourth-order valence-electron chi connectivity index (χ4n) is 1.73. The molecule has 0 N–H and O–H groups in total. The number of aryl methyl sites for hydroxylation is 1. The topological polar surface area (TPSA) is 12.9 Å². The molecule has 16 heavy (non-hydrogen) atoms. The second-order valence-corrected chi connectivity index (χ2v) is 5.70. The lowest BCUT2D eigenvalue weighted by atomic mass is 10.1. The van der Waals surface area contributed by atoms with E-state index in [4.69, 9.17) is 4.98 Å². The summed E-state index contributed by atoms with van der Waals surface area (Å²) < 4.78 is 1.29. The highest BCUT2D eigenvalue weighted by atomic mass is 127. The minimum absolute atomic E-state index is 0.740. The van der Waals surface area contributed by atoms with Gasteiger partial charge in [0.05, 0.1) is 11.2 Å². The fourth-order valence-corrected chi connectivity index (χ4v) is 2.46. The highest BCUT2D eigenvalue weighted by Crippen LogP contribution is 2.20. The van der Waals surface area contributed by atoms with E-state index in [-0.39, 0.29) is 0 Å². The lowest BCUT2D eigenvalue weighted by molar-refractivity contribution is 0.581. The summed E-state index contributed by atoms with van der Waals surface area (Å²) in [6, 6.07) is 10.6. The standard InChI is InChI=1S/C14H16IN/c1-10(2)7-8-14-12(15)9-11-5-3-4-6-13(11)16-14/h3-6,9-10H,7-8H2,1-2H3. The van der Waals surface area contributed by atoms with Crippen LogP contribution in [-0.4, -0.2) is 4.98 Å². The Labute approximate surface area is 110 Å². The molecular formula is C14H16IN. The Hall–Kier alpha value is -0.640. The number of pyridine rings is 1. The van der Waals surface area contributed by atoms with Gasteiger partial charge in [0.25, 0.3) is 0 Å². The smallest absolute Gasteiger partial charge is 0.0706 e. The van der Waals surface area contributed by atoms with Gasteiger partial charge in [0.15, 0.2) is 0 Å². The zero-order valence-corrected chi connectivity index (χ0v) is 11.9. The molecule has 0 aliphatic rings. The molecule has 2 aromatic rings. The van der Waals surface area contributed by atoms with Crippen LogP contribution in [0.25, 0.3) is 10.9 Å². The number of fused-ring (bicyclic) bond motifs is 1. The SMILES string of the molecule is CC(C)CCc1nc2ccccc2cc1I. The summed E-state index contributed by atoms with van der Waals surface area (Å²) in [5, 5.41) is 1.24.